The van der Waals surface area contributed by atoms with Crippen molar-refractivity contribution in [2.45, 2.75) is 23.5 Å². The van der Waals surface area contributed by atoms with Gasteiger partial charge in [0.05, 0.1) is 0 Å². The number of hydrogen-bond donors (Lipinski definition) is 3. The molecule has 0 spiro atoms. The number of nitrogens with zero attached hydrogens (tertiary/aromatic N) is 2. The lowest BCUT2D eigenvalue weighted by Crippen LogP contribution is -2.12. The van der Waals surface area contributed by atoms with Crippen molar-refractivity contribution in [1.29, 1.82) is 0 Å². The summed E-state index contributed by atoms with van der Waals surface area (Å²) in [6, 6.07) is 7.28. The van der Waals surface area contributed by atoms with Crippen molar-refractivity contribution in [3.63, 3.8) is 0 Å². The van der Waals surface area contributed by atoms with Crippen LogP contribution in [0.5, 0.6) is 0 Å². The minimum atomic E-state index is 0.357. The summed E-state index contributed by atoms with van der Waals surface area (Å²) in [5.41, 5.74) is 12.5. The second-order valence-electron chi connectivity index (χ2n) is 4.13. The molecule has 5 N–H and O–H groups in total. The van der Waals surface area contributed by atoms with E-state index in [1.165, 1.54) is 17.8 Å². The van der Waals surface area contributed by atoms with E-state index in [1.54, 1.807) is 0 Å². The van der Waals surface area contributed by atoms with Crippen molar-refractivity contribution in [2.24, 2.45) is 0 Å². The molecule has 0 aliphatic carbocycles. The van der Waals surface area contributed by atoms with E-state index in [-0.39, 0.29) is 0 Å². The predicted octanol–water partition coefficient (Wildman–Crippen LogP) is 2.56. The van der Waals surface area contributed by atoms with E-state index in [1.807, 2.05) is 18.2 Å². The quantitative estimate of drug-likeness (QED) is 0.735. The molecule has 1 heterocycles. The van der Waals surface area contributed by atoms with Crippen LogP contribution in [0.2, 0.25) is 5.02 Å². The van der Waals surface area contributed by atoms with Gasteiger partial charge in [-0.2, -0.15) is 0 Å². The van der Waals surface area contributed by atoms with Crippen LogP contribution >= 0.6 is 23.4 Å². The van der Waals surface area contributed by atoms with Crippen molar-refractivity contribution in [3.05, 3.63) is 34.9 Å². The Labute approximate surface area is 127 Å². The van der Waals surface area contributed by atoms with Crippen LogP contribution in [-0.4, -0.2) is 16.5 Å². The van der Waals surface area contributed by atoms with Gasteiger partial charge in [-0.25, -0.2) is 9.97 Å². The molecule has 5 nitrogen and oxygen atoms in total. The fraction of sp³-hybridized carbons (Fsp3) is 0.231. The van der Waals surface area contributed by atoms with Gasteiger partial charge in [0.25, 0.3) is 0 Å². The Morgan fingerprint density at radius 3 is 2.55 bits per heavy atom. The fourth-order valence-corrected chi connectivity index (χ4v) is 2.83. The third-order valence-corrected chi connectivity index (χ3v) is 3.74. The molecule has 0 unspecified atom stereocenters. The number of nitrogen functional groups attached to an aromatic ring is 2. The molecule has 7 heteroatoms. The van der Waals surface area contributed by atoms with Crippen LogP contribution in [0.4, 0.5) is 11.6 Å². The fourth-order valence-electron chi connectivity index (χ4n) is 1.64. The SMILES string of the molecule is CCNCc1ccc(Cl)cc1Sc1nc(N)cc(N)n1. The van der Waals surface area contributed by atoms with Crippen LogP contribution in [0.3, 0.4) is 0 Å². The molecule has 0 fully saturated rings. The minimum Gasteiger partial charge on any atom is -0.383 e. The van der Waals surface area contributed by atoms with Gasteiger partial charge in [0.2, 0.25) is 0 Å². The maximum atomic E-state index is 6.06. The van der Waals surface area contributed by atoms with Gasteiger partial charge >= 0.3 is 0 Å². The van der Waals surface area contributed by atoms with Gasteiger partial charge in [-0.1, -0.05) is 24.6 Å². The van der Waals surface area contributed by atoms with Crippen molar-refractivity contribution in [2.75, 3.05) is 18.0 Å². The molecule has 106 valence electrons. The average Bonchev–Trinajstić information content (AvgIpc) is 2.36. The van der Waals surface area contributed by atoms with E-state index < -0.39 is 0 Å². The number of benzene rings is 1. The molecular formula is C13H16ClN5S. The van der Waals surface area contributed by atoms with Crippen LogP contribution < -0.4 is 16.8 Å². The molecule has 2 rings (SSSR count). The zero-order chi connectivity index (χ0) is 14.5. The summed E-state index contributed by atoms with van der Waals surface area (Å²) in [7, 11) is 0. The second kappa shape index (κ2) is 6.78. The van der Waals surface area contributed by atoms with Crippen molar-refractivity contribution < 1.29 is 0 Å². The molecule has 1 aromatic carbocycles. The van der Waals surface area contributed by atoms with E-state index in [9.17, 15) is 0 Å². The van der Waals surface area contributed by atoms with Gasteiger partial charge in [-0.05, 0) is 36.0 Å². The van der Waals surface area contributed by atoms with Crippen LogP contribution in [0, 0.1) is 0 Å². The Balaban J connectivity index is 2.28. The summed E-state index contributed by atoms with van der Waals surface area (Å²) in [5, 5.41) is 4.47. The van der Waals surface area contributed by atoms with Crippen LogP contribution in [0.25, 0.3) is 0 Å². The van der Waals surface area contributed by atoms with Crippen molar-refractivity contribution in [3.8, 4) is 0 Å². The Morgan fingerprint density at radius 1 is 1.20 bits per heavy atom. The topological polar surface area (TPSA) is 89.8 Å². The number of nitrogens with two attached hydrogens (primary N) is 2. The third-order valence-electron chi connectivity index (χ3n) is 2.54. The van der Waals surface area contributed by atoms with E-state index >= 15 is 0 Å². The minimum absolute atomic E-state index is 0.357. The van der Waals surface area contributed by atoms with Gasteiger partial charge < -0.3 is 16.8 Å². The first kappa shape index (κ1) is 14.9. The first-order chi connectivity index (χ1) is 9.58. The Morgan fingerprint density at radius 2 is 1.90 bits per heavy atom. The number of anilines is 2. The van der Waals surface area contributed by atoms with Gasteiger partial charge in [0.1, 0.15) is 11.6 Å². The maximum Gasteiger partial charge on any atom is 0.196 e. The van der Waals surface area contributed by atoms with Crippen molar-refractivity contribution >= 4 is 35.0 Å². The first-order valence-electron chi connectivity index (χ1n) is 6.15. The Kier molecular flexibility index (Phi) is 5.05. The number of aromatic nitrogens is 2. The molecule has 2 aromatic rings. The highest BCUT2D eigenvalue weighted by Crippen LogP contribution is 2.31. The predicted molar refractivity (Wildman–Crippen MR) is 83.8 cm³/mol. The summed E-state index contributed by atoms with van der Waals surface area (Å²) in [4.78, 5) is 9.32. The zero-order valence-electron chi connectivity index (χ0n) is 11.1. The smallest absolute Gasteiger partial charge is 0.196 e. The first-order valence-corrected chi connectivity index (χ1v) is 7.35. The van der Waals surface area contributed by atoms with E-state index in [4.69, 9.17) is 23.1 Å². The van der Waals surface area contributed by atoms with E-state index in [0.29, 0.717) is 21.8 Å². The molecule has 0 saturated carbocycles. The standard InChI is InChI=1S/C13H16ClN5S/c1-2-17-7-8-3-4-9(14)5-10(8)20-13-18-11(15)6-12(16)19-13/h3-6,17H,2,7H2,1H3,(H4,15,16,18,19). The summed E-state index contributed by atoms with van der Waals surface area (Å²) < 4.78 is 0. The molecule has 0 bridgehead atoms. The molecule has 0 atom stereocenters. The summed E-state index contributed by atoms with van der Waals surface area (Å²) in [6.07, 6.45) is 0. The maximum absolute atomic E-state index is 6.06. The van der Waals surface area contributed by atoms with Crippen LogP contribution in [0.15, 0.2) is 34.3 Å². The molecule has 1 aromatic heterocycles. The Bertz CT molecular complexity index is 585. The monoisotopic (exact) mass is 309 g/mol. The Hall–Kier alpha value is -1.50. The van der Waals surface area contributed by atoms with E-state index in [2.05, 4.69) is 22.2 Å². The largest absolute Gasteiger partial charge is 0.383 e. The average molecular weight is 310 g/mol. The molecule has 0 saturated heterocycles. The highest BCUT2D eigenvalue weighted by molar-refractivity contribution is 7.99. The highest BCUT2D eigenvalue weighted by Gasteiger charge is 2.09. The number of nitrogens with one attached hydrogen (secondary N) is 1. The lowest BCUT2D eigenvalue weighted by atomic mass is 10.2. The summed E-state index contributed by atoms with van der Waals surface area (Å²) in [5.74, 6) is 0.713. The molecular weight excluding hydrogens is 294 g/mol. The lowest BCUT2D eigenvalue weighted by molar-refractivity contribution is 0.718. The van der Waals surface area contributed by atoms with Crippen LogP contribution in [0.1, 0.15) is 12.5 Å². The highest BCUT2D eigenvalue weighted by atomic mass is 35.5. The van der Waals surface area contributed by atoms with Crippen molar-refractivity contribution in [1.82, 2.24) is 15.3 Å². The third kappa shape index (κ3) is 4.00. The molecule has 20 heavy (non-hydrogen) atoms. The molecule has 0 radical (unpaired) electrons. The number of halogens is 1. The summed E-state index contributed by atoms with van der Waals surface area (Å²) in [6.45, 7) is 3.71. The van der Waals surface area contributed by atoms with Gasteiger partial charge in [0, 0.05) is 22.5 Å². The van der Waals surface area contributed by atoms with Gasteiger partial charge in [-0.15, -0.1) is 0 Å². The van der Waals surface area contributed by atoms with Gasteiger partial charge in [-0.3, -0.25) is 0 Å². The zero-order valence-corrected chi connectivity index (χ0v) is 12.6. The molecule has 0 aliphatic heterocycles. The summed E-state index contributed by atoms with van der Waals surface area (Å²) >= 11 is 7.46. The second-order valence-corrected chi connectivity index (χ2v) is 5.58. The lowest BCUT2D eigenvalue weighted by Gasteiger charge is -2.10. The normalized spacial score (nSPS) is 10.7. The van der Waals surface area contributed by atoms with Crippen LogP contribution in [-0.2, 0) is 6.54 Å². The van der Waals surface area contributed by atoms with Gasteiger partial charge in [0.15, 0.2) is 5.16 Å². The molecule has 0 amide bonds. The molecule has 0 aliphatic rings. The number of rotatable bonds is 5. The van der Waals surface area contributed by atoms with E-state index in [0.717, 1.165) is 23.5 Å². The number of hydrogen-bond acceptors (Lipinski definition) is 6.